The number of hydrogen-bond acceptors (Lipinski definition) is 7. The van der Waals surface area contributed by atoms with Crippen molar-refractivity contribution in [2.75, 3.05) is 11.9 Å². The first-order valence-corrected chi connectivity index (χ1v) is 5.55. The van der Waals surface area contributed by atoms with Crippen LogP contribution in [0.2, 0.25) is 0 Å². The van der Waals surface area contributed by atoms with E-state index < -0.39 is 4.92 Å². The number of aryl methyl sites for hydroxylation is 1. The first-order valence-electron chi connectivity index (χ1n) is 5.55. The van der Waals surface area contributed by atoms with Gasteiger partial charge in [0.25, 0.3) is 0 Å². The Kier molecular flexibility index (Phi) is 3.55. The third-order valence-corrected chi connectivity index (χ3v) is 2.15. The van der Waals surface area contributed by atoms with E-state index in [1.165, 1.54) is 0 Å². The molecular formula is C10H12N6O3. The zero-order valence-electron chi connectivity index (χ0n) is 10.4. The van der Waals surface area contributed by atoms with Crippen molar-refractivity contribution in [2.45, 2.75) is 13.8 Å². The molecule has 0 spiro atoms. The molecule has 9 heteroatoms. The van der Waals surface area contributed by atoms with Crippen molar-refractivity contribution in [3.05, 3.63) is 28.1 Å². The monoisotopic (exact) mass is 264 g/mol. The van der Waals surface area contributed by atoms with Crippen molar-refractivity contribution < 1.29 is 9.66 Å². The minimum atomic E-state index is -0.607. The fourth-order valence-electron chi connectivity index (χ4n) is 1.35. The summed E-state index contributed by atoms with van der Waals surface area (Å²) < 4.78 is 5.30. The summed E-state index contributed by atoms with van der Waals surface area (Å²) in [4.78, 5) is 18.0. The number of nitrogens with zero attached hydrogens (tertiary/aromatic N) is 4. The summed E-state index contributed by atoms with van der Waals surface area (Å²) in [6, 6.07) is 1.61. The predicted molar refractivity (Wildman–Crippen MR) is 66.2 cm³/mol. The lowest BCUT2D eigenvalue weighted by Gasteiger charge is -2.04. The van der Waals surface area contributed by atoms with E-state index in [1.54, 1.807) is 13.0 Å². The number of nitrogens with one attached hydrogen (secondary N) is 2. The Labute approximate surface area is 108 Å². The number of anilines is 1. The number of ether oxygens (including phenoxy) is 1. The minimum absolute atomic E-state index is 0.151. The van der Waals surface area contributed by atoms with Crippen LogP contribution < -0.4 is 10.1 Å². The SMILES string of the molecule is CCNc1ncc([N+](=O)[O-])c(Oc2cc(C)[nH]n2)n1. The second-order valence-corrected chi connectivity index (χ2v) is 3.66. The smallest absolute Gasteiger partial charge is 0.349 e. The highest BCUT2D eigenvalue weighted by Crippen LogP contribution is 2.28. The van der Waals surface area contributed by atoms with Gasteiger partial charge < -0.3 is 10.1 Å². The summed E-state index contributed by atoms with van der Waals surface area (Å²) in [5.74, 6) is 0.319. The first-order chi connectivity index (χ1) is 9.10. The Morgan fingerprint density at radius 3 is 2.95 bits per heavy atom. The summed E-state index contributed by atoms with van der Waals surface area (Å²) >= 11 is 0. The molecule has 0 aromatic carbocycles. The second kappa shape index (κ2) is 5.29. The summed E-state index contributed by atoms with van der Waals surface area (Å²) in [6.07, 6.45) is 1.10. The predicted octanol–water partition coefficient (Wildman–Crippen LogP) is 1.64. The van der Waals surface area contributed by atoms with Crippen LogP contribution in [0.25, 0.3) is 0 Å². The van der Waals surface area contributed by atoms with Gasteiger partial charge in [-0.25, -0.2) is 4.98 Å². The molecule has 0 unspecified atom stereocenters. The zero-order valence-corrected chi connectivity index (χ0v) is 10.4. The molecule has 0 aliphatic rings. The van der Waals surface area contributed by atoms with Gasteiger partial charge in [0.2, 0.25) is 11.8 Å². The molecule has 2 heterocycles. The van der Waals surface area contributed by atoms with Crippen molar-refractivity contribution in [3.63, 3.8) is 0 Å². The maximum Gasteiger partial charge on any atom is 0.349 e. The van der Waals surface area contributed by atoms with Gasteiger partial charge in [-0.3, -0.25) is 15.2 Å². The average Bonchev–Trinajstić information content (AvgIpc) is 2.75. The standard InChI is InChI=1S/C10H12N6O3/c1-3-11-10-12-5-7(16(17)18)9(13-10)19-8-4-6(2)14-15-8/h4-5H,3H2,1-2H3,(H,14,15)(H,11,12,13). The molecule has 0 amide bonds. The lowest BCUT2D eigenvalue weighted by molar-refractivity contribution is -0.386. The second-order valence-electron chi connectivity index (χ2n) is 3.66. The first kappa shape index (κ1) is 12.7. The lowest BCUT2D eigenvalue weighted by Crippen LogP contribution is -2.05. The molecule has 0 atom stereocenters. The van der Waals surface area contributed by atoms with Crippen LogP contribution in [0.15, 0.2) is 12.3 Å². The Bertz CT molecular complexity index is 597. The largest absolute Gasteiger partial charge is 0.413 e. The number of nitro groups is 1. The van der Waals surface area contributed by atoms with Crippen molar-refractivity contribution in [2.24, 2.45) is 0 Å². The van der Waals surface area contributed by atoms with Crippen LogP contribution in [0.5, 0.6) is 11.8 Å². The van der Waals surface area contributed by atoms with E-state index in [0.29, 0.717) is 6.54 Å². The number of hydrogen-bond donors (Lipinski definition) is 2. The normalized spacial score (nSPS) is 10.2. The number of aromatic amines is 1. The van der Waals surface area contributed by atoms with Crippen LogP contribution in [0, 0.1) is 17.0 Å². The van der Waals surface area contributed by atoms with Crippen molar-refractivity contribution in [1.82, 2.24) is 20.2 Å². The summed E-state index contributed by atoms with van der Waals surface area (Å²) in [5, 5.41) is 20.2. The molecule has 0 aliphatic carbocycles. The van der Waals surface area contributed by atoms with Gasteiger partial charge in [0.1, 0.15) is 6.20 Å². The maximum atomic E-state index is 10.9. The van der Waals surface area contributed by atoms with Gasteiger partial charge in [-0.1, -0.05) is 0 Å². The van der Waals surface area contributed by atoms with Crippen LogP contribution in [0.4, 0.5) is 11.6 Å². The molecule has 0 aliphatic heterocycles. The summed E-state index contributed by atoms with van der Waals surface area (Å²) in [5.41, 5.74) is 0.459. The van der Waals surface area contributed by atoms with Crippen molar-refractivity contribution in [3.8, 4) is 11.8 Å². The van der Waals surface area contributed by atoms with Gasteiger partial charge in [0.05, 0.1) is 4.92 Å². The fraction of sp³-hybridized carbons (Fsp3) is 0.300. The number of rotatable bonds is 5. The topological polar surface area (TPSA) is 119 Å². The molecular weight excluding hydrogens is 252 g/mol. The molecule has 100 valence electrons. The van der Waals surface area contributed by atoms with Crippen LogP contribution in [-0.2, 0) is 0 Å². The van der Waals surface area contributed by atoms with Gasteiger partial charge in [-0.05, 0) is 13.8 Å². The molecule has 2 aromatic heterocycles. The lowest BCUT2D eigenvalue weighted by atomic mass is 10.5. The van der Waals surface area contributed by atoms with Gasteiger partial charge in [0, 0.05) is 18.3 Å². The van der Waals surface area contributed by atoms with Gasteiger partial charge in [-0.2, -0.15) is 4.98 Å². The molecule has 9 nitrogen and oxygen atoms in total. The Morgan fingerprint density at radius 2 is 2.37 bits per heavy atom. The highest BCUT2D eigenvalue weighted by atomic mass is 16.6. The van der Waals surface area contributed by atoms with Crippen molar-refractivity contribution in [1.29, 1.82) is 0 Å². The molecule has 19 heavy (non-hydrogen) atoms. The van der Waals surface area contributed by atoms with E-state index in [2.05, 4.69) is 25.5 Å². The van der Waals surface area contributed by atoms with Crippen LogP contribution in [0.3, 0.4) is 0 Å². The fourth-order valence-corrected chi connectivity index (χ4v) is 1.35. The highest BCUT2D eigenvalue weighted by Gasteiger charge is 2.20. The van der Waals surface area contributed by atoms with E-state index >= 15 is 0 Å². The Hall–Kier alpha value is -2.71. The van der Waals surface area contributed by atoms with Crippen LogP contribution >= 0.6 is 0 Å². The minimum Gasteiger partial charge on any atom is -0.413 e. The van der Waals surface area contributed by atoms with E-state index in [4.69, 9.17) is 4.74 Å². The third kappa shape index (κ3) is 2.94. The maximum absolute atomic E-state index is 10.9. The quantitative estimate of drug-likeness (QED) is 0.622. The Morgan fingerprint density at radius 1 is 1.58 bits per heavy atom. The molecule has 0 saturated carbocycles. The third-order valence-electron chi connectivity index (χ3n) is 2.15. The highest BCUT2D eigenvalue weighted by molar-refractivity contribution is 5.44. The molecule has 0 bridgehead atoms. The molecule has 0 fully saturated rings. The number of H-pyrrole nitrogens is 1. The van der Waals surface area contributed by atoms with E-state index in [1.807, 2.05) is 6.92 Å². The summed E-state index contributed by atoms with van der Waals surface area (Å²) in [7, 11) is 0. The molecule has 0 radical (unpaired) electrons. The van der Waals surface area contributed by atoms with Gasteiger partial charge >= 0.3 is 11.6 Å². The van der Waals surface area contributed by atoms with Gasteiger partial charge in [0.15, 0.2) is 0 Å². The van der Waals surface area contributed by atoms with Gasteiger partial charge in [-0.15, -0.1) is 5.10 Å². The van der Waals surface area contributed by atoms with Crippen LogP contribution in [-0.4, -0.2) is 31.6 Å². The zero-order chi connectivity index (χ0) is 13.8. The van der Waals surface area contributed by atoms with Crippen LogP contribution in [0.1, 0.15) is 12.6 Å². The molecule has 0 saturated heterocycles. The van der Waals surface area contributed by atoms with E-state index in [0.717, 1.165) is 11.9 Å². The van der Waals surface area contributed by atoms with E-state index in [9.17, 15) is 10.1 Å². The van der Waals surface area contributed by atoms with Crippen molar-refractivity contribution >= 4 is 11.6 Å². The average molecular weight is 264 g/mol. The number of aromatic nitrogens is 4. The van der Waals surface area contributed by atoms with E-state index in [-0.39, 0.29) is 23.4 Å². The summed E-state index contributed by atoms with van der Waals surface area (Å²) in [6.45, 7) is 4.25. The Balaban J connectivity index is 2.34. The molecule has 2 N–H and O–H groups in total. The molecule has 2 aromatic rings. The molecule has 2 rings (SSSR count).